The minimum Gasteiger partial charge on any atom is -0.497 e. The number of nitrogens with zero attached hydrogens (tertiary/aromatic N) is 2. The van der Waals surface area contributed by atoms with Crippen molar-refractivity contribution in [1.29, 1.82) is 0 Å². The molecule has 0 N–H and O–H groups in total. The van der Waals surface area contributed by atoms with Gasteiger partial charge in [0.05, 0.1) is 18.4 Å². The molecule has 0 fully saturated rings. The van der Waals surface area contributed by atoms with Gasteiger partial charge in [-0.25, -0.2) is 4.79 Å². The van der Waals surface area contributed by atoms with Gasteiger partial charge in [0.15, 0.2) is 0 Å². The van der Waals surface area contributed by atoms with E-state index >= 15 is 0 Å². The maximum Gasteiger partial charge on any atom is 0.344 e. The van der Waals surface area contributed by atoms with Gasteiger partial charge in [0.25, 0.3) is 0 Å². The van der Waals surface area contributed by atoms with Crippen LogP contribution in [0.2, 0.25) is 0 Å². The fraction of sp³-hybridized carbons (Fsp3) is 0.286. The molecule has 2 rings (SSSR count). The van der Waals surface area contributed by atoms with Gasteiger partial charge in [-0.2, -0.15) is 8.42 Å². The van der Waals surface area contributed by atoms with Crippen LogP contribution < -0.4 is 4.74 Å². The first-order chi connectivity index (χ1) is 10.3. The smallest absolute Gasteiger partial charge is 0.344 e. The number of hydrogen-bond donors (Lipinski definition) is 0. The van der Waals surface area contributed by atoms with Crippen molar-refractivity contribution in [2.45, 2.75) is 13.5 Å². The van der Waals surface area contributed by atoms with E-state index in [2.05, 4.69) is 4.40 Å². The molecular weight excluding hydrogens is 308 g/mol. The van der Waals surface area contributed by atoms with E-state index in [0.29, 0.717) is 5.75 Å². The minimum absolute atomic E-state index is 0.0733. The molecule has 0 atom stereocenters. The Balaban J connectivity index is 2.05. The van der Waals surface area contributed by atoms with Gasteiger partial charge in [0, 0.05) is 13.2 Å². The van der Waals surface area contributed by atoms with Crippen LogP contribution in [0.3, 0.4) is 0 Å². The second-order valence-corrected chi connectivity index (χ2v) is 6.29. The van der Waals surface area contributed by atoms with E-state index in [1.165, 1.54) is 20.2 Å². The Kier molecular flexibility index (Phi) is 4.51. The topological polar surface area (TPSA) is 85.3 Å². The summed E-state index contributed by atoms with van der Waals surface area (Å²) in [6.45, 7) is 1.52. The quantitative estimate of drug-likeness (QED) is 0.779. The summed E-state index contributed by atoms with van der Waals surface area (Å²) in [4.78, 5) is 12.0. The van der Waals surface area contributed by atoms with E-state index in [9.17, 15) is 13.2 Å². The van der Waals surface area contributed by atoms with E-state index < -0.39 is 16.2 Å². The summed E-state index contributed by atoms with van der Waals surface area (Å²) in [5, 5.41) is 0. The van der Waals surface area contributed by atoms with Crippen molar-refractivity contribution in [2.75, 3.05) is 14.2 Å². The Morgan fingerprint density at radius 1 is 1.27 bits per heavy atom. The van der Waals surface area contributed by atoms with Crippen LogP contribution in [0.4, 0.5) is 0 Å². The lowest BCUT2D eigenvalue weighted by atomic mass is 10.2. The highest BCUT2D eigenvalue weighted by Gasteiger charge is 2.26. The fourth-order valence-electron chi connectivity index (χ4n) is 1.78. The van der Waals surface area contributed by atoms with Crippen LogP contribution in [0, 0.1) is 0 Å². The molecule has 1 aliphatic rings. The predicted molar refractivity (Wildman–Crippen MR) is 80.7 cm³/mol. The highest BCUT2D eigenvalue weighted by Crippen LogP contribution is 2.17. The molecule has 22 heavy (non-hydrogen) atoms. The standard InChI is InChI=1S/C14H16N2O5S/c1-10-13(8-16(2)22(18,19)15-10)14(17)21-9-11-4-6-12(20-3)7-5-11/h4-8H,9H2,1-3H3. The maximum absolute atomic E-state index is 12.0. The number of esters is 1. The molecule has 8 heteroatoms. The van der Waals surface area contributed by atoms with Crippen molar-refractivity contribution in [3.05, 3.63) is 41.6 Å². The number of carbonyl (C=O) groups is 1. The van der Waals surface area contributed by atoms with Gasteiger partial charge in [0.2, 0.25) is 0 Å². The number of methoxy groups -OCH3 is 1. The molecule has 0 aromatic heterocycles. The van der Waals surface area contributed by atoms with Crippen LogP contribution in [0.15, 0.2) is 40.4 Å². The van der Waals surface area contributed by atoms with Crippen LogP contribution in [-0.2, 0) is 26.3 Å². The molecule has 0 amide bonds. The highest BCUT2D eigenvalue weighted by molar-refractivity contribution is 7.88. The number of ether oxygens (including phenoxy) is 2. The summed E-state index contributed by atoms with van der Waals surface area (Å²) < 4.78 is 37.7. The van der Waals surface area contributed by atoms with Crippen molar-refractivity contribution in [2.24, 2.45) is 4.40 Å². The fourth-order valence-corrected chi connectivity index (χ4v) is 2.59. The first-order valence-electron chi connectivity index (χ1n) is 6.40. The summed E-state index contributed by atoms with van der Waals surface area (Å²) >= 11 is 0. The predicted octanol–water partition coefficient (Wildman–Crippen LogP) is 1.27. The summed E-state index contributed by atoms with van der Waals surface area (Å²) in [6.07, 6.45) is 1.20. The van der Waals surface area contributed by atoms with Crippen LogP contribution in [0.5, 0.6) is 5.75 Å². The Morgan fingerprint density at radius 3 is 2.50 bits per heavy atom. The molecule has 0 unspecified atom stereocenters. The zero-order chi connectivity index (χ0) is 16.3. The van der Waals surface area contributed by atoms with E-state index in [1.807, 2.05) is 0 Å². The average molecular weight is 324 g/mol. The molecular formula is C14H16N2O5S. The van der Waals surface area contributed by atoms with Crippen LogP contribution >= 0.6 is 0 Å². The van der Waals surface area contributed by atoms with Crippen LogP contribution in [-0.4, -0.2) is 38.6 Å². The summed E-state index contributed by atoms with van der Waals surface area (Å²) in [7, 11) is -0.854. The summed E-state index contributed by atoms with van der Waals surface area (Å²) in [5.41, 5.74) is 1.02. The van der Waals surface area contributed by atoms with E-state index in [-0.39, 0.29) is 17.9 Å². The number of rotatable bonds is 4. The van der Waals surface area contributed by atoms with E-state index in [1.54, 1.807) is 31.4 Å². The number of hydrogen-bond acceptors (Lipinski definition) is 5. The molecule has 0 radical (unpaired) electrons. The Morgan fingerprint density at radius 2 is 1.91 bits per heavy atom. The summed E-state index contributed by atoms with van der Waals surface area (Å²) in [6, 6.07) is 7.07. The van der Waals surface area contributed by atoms with Gasteiger partial charge in [0.1, 0.15) is 12.4 Å². The Labute approximate surface area is 129 Å². The molecule has 1 heterocycles. The molecule has 118 valence electrons. The van der Waals surface area contributed by atoms with Gasteiger partial charge < -0.3 is 9.47 Å². The minimum atomic E-state index is -3.73. The lowest BCUT2D eigenvalue weighted by Crippen LogP contribution is -2.29. The van der Waals surface area contributed by atoms with Crippen molar-refractivity contribution in [3.63, 3.8) is 0 Å². The maximum atomic E-state index is 12.0. The van der Waals surface area contributed by atoms with Gasteiger partial charge >= 0.3 is 16.2 Å². The van der Waals surface area contributed by atoms with Gasteiger partial charge in [-0.05, 0) is 24.6 Å². The van der Waals surface area contributed by atoms with Crippen molar-refractivity contribution >= 4 is 21.9 Å². The highest BCUT2D eigenvalue weighted by atomic mass is 32.2. The van der Waals surface area contributed by atoms with E-state index in [0.717, 1.165) is 9.87 Å². The number of benzene rings is 1. The van der Waals surface area contributed by atoms with E-state index in [4.69, 9.17) is 9.47 Å². The van der Waals surface area contributed by atoms with Gasteiger partial charge in [-0.15, -0.1) is 4.40 Å². The van der Waals surface area contributed by atoms with Crippen LogP contribution in [0.25, 0.3) is 0 Å². The molecule has 0 spiro atoms. The molecule has 1 aliphatic heterocycles. The summed E-state index contributed by atoms with van der Waals surface area (Å²) in [5.74, 6) is 0.0821. The van der Waals surface area contributed by atoms with Crippen molar-refractivity contribution in [3.8, 4) is 5.75 Å². The SMILES string of the molecule is COc1ccc(COC(=O)C2=CN(C)S(=O)(=O)N=C2C)cc1. The molecule has 0 saturated carbocycles. The molecule has 1 aromatic carbocycles. The largest absolute Gasteiger partial charge is 0.497 e. The molecule has 7 nitrogen and oxygen atoms in total. The normalized spacial score (nSPS) is 16.6. The lowest BCUT2D eigenvalue weighted by Gasteiger charge is -2.19. The average Bonchev–Trinajstić information content (AvgIpc) is 2.48. The zero-order valence-electron chi connectivity index (χ0n) is 12.4. The molecule has 0 aliphatic carbocycles. The lowest BCUT2D eigenvalue weighted by molar-refractivity contribution is -0.139. The third-order valence-corrected chi connectivity index (χ3v) is 4.40. The Hall–Kier alpha value is -2.35. The first kappa shape index (κ1) is 16.0. The van der Waals surface area contributed by atoms with Crippen molar-refractivity contribution < 1.29 is 22.7 Å². The van der Waals surface area contributed by atoms with Gasteiger partial charge in [-0.3, -0.25) is 4.31 Å². The molecule has 0 bridgehead atoms. The first-order valence-corrected chi connectivity index (χ1v) is 7.80. The second kappa shape index (κ2) is 6.18. The molecule has 0 saturated heterocycles. The third kappa shape index (κ3) is 3.45. The van der Waals surface area contributed by atoms with Gasteiger partial charge in [-0.1, -0.05) is 12.1 Å². The van der Waals surface area contributed by atoms with Crippen molar-refractivity contribution in [1.82, 2.24) is 4.31 Å². The number of carbonyl (C=O) groups excluding carboxylic acids is 1. The second-order valence-electron chi connectivity index (χ2n) is 4.64. The van der Waals surface area contributed by atoms with Crippen LogP contribution in [0.1, 0.15) is 12.5 Å². The third-order valence-electron chi connectivity index (χ3n) is 3.07. The molecule has 1 aromatic rings. The Bertz CT molecular complexity index is 735. The zero-order valence-corrected chi connectivity index (χ0v) is 13.3. The monoisotopic (exact) mass is 324 g/mol.